The number of carbonyl (C=O) groups excluding carboxylic acids is 2. The molecule has 6 nitrogen and oxygen atoms in total. The summed E-state index contributed by atoms with van der Waals surface area (Å²) in [6.45, 7) is 5.15. The van der Waals surface area contributed by atoms with E-state index in [0.717, 1.165) is 11.1 Å². The van der Waals surface area contributed by atoms with Crippen LogP contribution in [-0.4, -0.2) is 30.0 Å². The van der Waals surface area contributed by atoms with Crippen molar-refractivity contribution >= 4 is 17.7 Å². The van der Waals surface area contributed by atoms with Crippen LogP contribution in [0.4, 0.5) is 14.9 Å². The van der Waals surface area contributed by atoms with Gasteiger partial charge in [0.25, 0.3) is 5.91 Å². The van der Waals surface area contributed by atoms with Gasteiger partial charge in [0.1, 0.15) is 12.4 Å². The monoisotopic (exact) mass is 463 g/mol. The molecule has 34 heavy (non-hydrogen) atoms. The molecule has 0 bridgehead atoms. The van der Waals surface area contributed by atoms with E-state index in [2.05, 4.69) is 5.32 Å². The Morgan fingerprint density at radius 2 is 1.68 bits per heavy atom. The minimum Gasteiger partial charge on any atom is -0.444 e. The summed E-state index contributed by atoms with van der Waals surface area (Å²) >= 11 is 0. The molecule has 0 aliphatic rings. The number of hydrogen-bond acceptors (Lipinski definition) is 4. The summed E-state index contributed by atoms with van der Waals surface area (Å²) in [6, 6.07) is 22.2. The van der Waals surface area contributed by atoms with Crippen LogP contribution in [0.2, 0.25) is 0 Å². The second kappa shape index (κ2) is 11.4. The van der Waals surface area contributed by atoms with Crippen molar-refractivity contribution in [3.63, 3.8) is 0 Å². The van der Waals surface area contributed by atoms with Gasteiger partial charge < -0.3 is 15.4 Å². The first-order chi connectivity index (χ1) is 16.3. The maximum Gasteiger partial charge on any atom is 0.411 e. The van der Waals surface area contributed by atoms with Crippen molar-refractivity contribution in [2.24, 2.45) is 11.1 Å². The van der Waals surface area contributed by atoms with Crippen molar-refractivity contribution in [3.8, 4) is 0 Å². The molecule has 3 N–H and O–H groups in total. The van der Waals surface area contributed by atoms with E-state index < -0.39 is 11.9 Å². The molecule has 0 atom stereocenters. The second-order valence-electron chi connectivity index (χ2n) is 8.93. The van der Waals surface area contributed by atoms with Gasteiger partial charge in [0, 0.05) is 24.3 Å². The molecule has 0 spiro atoms. The summed E-state index contributed by atoms with van der Waals surface area (Å²) in [5, 5.41) is 2.72. The van der Waals surface area contributed by atoms with Crippen LogP contribution >= 0.6 is 0 Å². The number of halogens is 1. The van der Waals surface area contributed by atoms with E-state index in [1.165, 1.54) is 18.2 Å². The molecule has 178 valence electrons. The third-order valence-electron chi connectivity index (χ3n) is 5.29. The van der Waals surface area contributed by atoms with E-state index in [-0.39, 0.29) is 30.0 Å². The van der Waals surface area contributed by atoms with Gasteiger partial charge >= 0.3 is 6.09 Å². The van der Waals surface area contributed by atoms with Crippen molar-refractivity contribution < 1.29 is 18.7 Å². The van der Waals surface area contributed by atoms with Crippen LogP contribution in [0.1, 0.15) is 35.3 Å². The van der Waals surface area contributed by atoms with Crippen LogP contribution in [-0.2, 0) is 17.9 Å². The molecule has 0 radical (unpaired) electrons. The fraction of sp³-hybridized carbons (Fsp3) is 0.259. The number of benzene rings is 3. The highest BCUT2D eigenvalue weighted by atomic mass is 19.1. The van der Waals surface area contributed by atoms with E-state index in [4.69, 9.17) is 10.5 Å². The molecule has 0 saturated carbocycles. The number of carbonyl (C=O) groups is 2. The van der Waals surface area contributed by atoms with E-state index in [1.807, 2.05) is 50.2 Å². The van der Waals surface area contributed by atoms with Crippen molar-refractivity contribution in [3.05, 3.63) is 101 Å². The summed E-state index contributed by atoms with van der Waals surface area (Å²) in [6.07, 6.45) is -0.571. The minimum atomic E-state index is -0.571. The quantitative estimate of drug-likeness (QED) is 0.457. The summed E-state index contributed by atoms with van der Waals surface area (Å²) in [5.41, 5.74) is 8.08. The maximum atomic E-state index is 13.7. The van der Waals surface area contributed by atoms with Crippen LogP contribution in [0.3, 0.4) is 0 Å². The lowest BCUT2D eigenvalue weighted by Crippen LogP contribution is -2.41. The maximum absolute atomic E-state index is 13.7. The van der Waals surface area contributed by atoms with Gasteiger partial charge in [0.2, 0.25) is 0 Å². The molecule has 0 unspecified atom stereocenters. The number of ether oxygens (including phenoxy) is 1. The van der Waals surface area contributed by atoms with Gasteiger partial charge in [-0.3, -0.25) is 10.1 Å². The molecule has 0 heterocycles. The zero-order valence-electron chi connectivity index (χ0n) is 19.5. The third kappa shape index (κ3) is 7.42. The molecule has 7 heteroatoms. The normalized spacial score (nSPS) is 11.1. The van der Waals surface area contributed by atoms with Crippen molar-refractivity contribution in [2.45, 2.75) is 27.0 Å². The molecule has 3 aromatic carbocycles. The molecule has 0 aliphatic heterocycles. The van der Waals surface area contributed by atoms with Crippen LogP contribution < -0.4 is 11.1 Å². The Labute approximate surface area is 199 Å². The fourth-order valence-corrected chi connectivity index (χ4v) is 3.43. The first-order valence-corrected chi connectivity index (χ1v) is 11.1. The van der Waals surface area contributed by atoms with Crippen molar-refractivity contribution in [2.75, 3.05) is 18.4 Å². The molecule has 2 amide bonds. The van der Waals surface area contributed by atoms with Crippen LogP contribution in [0.25, 0.3) is 0 Å². The first-order valence-electron chi connectivity index (χ1n) is 11.1. The van der Waals surface area contributed by atoms with Gasteiger partial charge in [-0.05, 0) is 53.4 Å². The standard InChI is InChI=1S/C27H30FN3O3/c1-27(2,18-29)19-31(25(32)22-11-7-12-23(28)15-22)16-21-10-6-13-24(14-21)30-26(33)34-17-20-8-4-3-5-9-20/h3-15H,16-19,29H2,1-2H3,(H,30,33). The molecular weight excluding hydrogens is 433 g/mol. The van der Waals surface area contributed by atoms with Crippen molar-refractivity contribution in [1.82, 2.24) is 4.90 Å². The summed E-state index contributed by atoms with van der Waals surface area (Å²) in [5.74, 6) is -0.759. The zero-order valence-corrected chi connectivity index (χ0v) is 19.5. The van der Waals surface area contributed by atoms with E-state index in [0.29, 0.717) is 18.8 Å². The average molecular weight is 464 g/mol. The molecular formula is C27H30FN3O3. The first kappa shape index (κ1) is 24.9. The number of rotatable bonds is 9. The summed E-state index contributed by atoms with van der Waals surface area (Å²) in [7, 11) is 0. The highest BCUT2D eigenvalue weighted by molar-refractivity contribution is 5.94. The summed E-state index contributed by atoms with van der Waals surface area (Å²) < 4.78 is 19.0. The third-order valence-corrected chi connectivity index (χ3v) is 5.29. The Balaban J connectivity index is 1.71. The van der Waals surface area contributed by atoms with E-state index in [9.17, 15) is 14.0 Å². The lowest BCUT2D eigenvalue weighted by Gasteiger charge is -2.32. The predicted octanol–water partition coefficient (Wildman–Crippen LogP) is 5.20. The molecule has 0 aliphatic carbocycles. The average Bonchev–Trinajstić information content (AvgIpc) is 2.82. The highest BCUT2D eigenvalue weighted by Crippen LogP contribution is 2.21. The fourth-order valence-electron chi connectivity index (χ4n) is 3.43. The zero-order chi connectivity index (χ0) is 24.6. The van der Waals surface area contributed by atoms with Crippen LogP contribution in [0.5, 0.6) is 0 Å². The number of amides is 2. The Morgan fingerprint density at radius 3 is 2.38 bits per heavy atom. The predicted molar refractivity (Wildman–Crippen MR) is 131 cm³/mol. The second-order valence-corrected chi connectivity index (χ2v) is 8.93. The smallest absolute Gasteiger partial charge is 0.411 e. The number of nitrogens with zero attached hydrogens (tertiary/aromatic N) is 1. The Kier molecular flexibility index (Phi) is 8.38. The number of nitrogens with one attached hydrogen (secondary N) is 1. The lowest BCUT2D eigenvalue weighted by atomic mass is 9.92. The highest BCUT2D eigenvalue weighted by Gasteiger charge is 2.25. The Bertz CT molecular complexity index is 1120. The SMILES string of the molecule is CC(C)(CN)CN(Cc1cccc(NC(=O)OCc2ccccc2)c1)C(=O)c1cccc(F)c1. The minimum absolute atomic E-state index is 0.163. The molecule has 3 aromatic rings. The molecule has 0 saturated heterocycles. The van der Waals surface area contributed by atoms with Gasteiger partial charge in [-0.2, -0.15) is 0 Å². The number of nitrogens with two attached hydrogens (primary N) is 1. The topological polar surface area (TPSA) is 84.7 Å². The number of anilines is 1. The molecule has 3 rings (SSSR count). The van der Waals surface area contributed by atoms with E-state index >= 15 is 0 Å². The lowest BCUT2D eigenvalue weighted by molar-refractivity contribution is 0.0673. The molecule has 0 fully saturated rings. The van der Waals surface area contributed by atoms with Gasteiger partial charge in [0.15, 0.2) is 0 Å². The van der Waals surface area contributed by atoms with Crippen LogP contribution in [0.15, 0.2) is 78.9 Å². The van der Waals surface area contributed by atoms with Gasteiger partial charge in [0.05, 0.1) is 0 Å². The van der Waals surface area contributed by atoms with E-state index in [1.54, 1.807) is 29.2 Å². The van der Waals surface area contributed by atoms with Crippen molar-refractivity contribution in [1.29, 1.82) is 0 Å². The van der Waals surface area contributed by atoms with Gasteiger partial charge in [-0.15, -0.1) is 0 Å². The number of hydrogen-bond donors (Lipinski definition) is 2. The Hall–Kier alpha value is -3.71. The largest absolute Gasteiger partial charge is 0.444 e. The van der Waals surface area contributed by atoms with Gasteiger partial charge in [-0.1, -0.05) is 62.4 Å². The van der Waals surface area contributed by atoms with Crippen LogP contribution in [0, 0.1) is 11.2 Å². The molecule has 0 aromatic heterocycles. The van der Waals surface area contributed by atoms with Gasteiger partial charge in [-0.25, -0.2) is 9.18 Å². The summed E-state index contributed by atoms with van der Waals surface area (Å²) in [4.78, 5) is 27.1. The Morgan fingerprint density at radius 1 is 0.971 bits per heavy atom.